The van der Waals surface area contributed by atoms with Crippen LogP contribution in [0.1, 0.15) is 35.9 Å². The van der Waals surface area contributed by atoms with E-state index < -0.39 is 0 Å². The third kappa shape index (κ3) is 2.06. The van der Waals surface area contributed by atoms with E-state index in [2.05, 4.69) is 24.3 Å². The molecule has 0 radical (unpaired) electrons. The number of ether oxygens (including phenoxy) is 1. The van der Waals surface area contributed by atoms with Crippen molar-refractivity contribution in [3.05, 3.63) is 16.1 Å². The molecule has 13 heavy (non-hydrogen) atoms. The maximum Gasteiger partial charge on any atom is 0.102 e. The summed E-state index contributed by atoms with van der Waals surface area (Å²) in [6.45, 7) is 4.54. The van der Waals surface area contributed by atoms with Crippen molar-refractivity contribution in [2.24, 2.45) is 0 Å². The average Bonchev–Trinajstić information content (AvgIpc) is 2.48. The number of hydrogen-bond donors (Lipinski definition) is 0. The Balaban J connectivity index is 3.05. The highest BCUT2D eigenvalue weighted by Crippen LogP contribution is 2.26. The molecule has 0 amide bonds. The maximum absolute atomic E-state index is 8.92. The lowest BCUT2D eigenvalue weighted by Gasteiger charge is -1.99. The molecule has 0 unspecified atom stereocenters. The predicted octanol–water partition coefficient (Wildman–Crippen LogP) is 2.28. The van der Waals surface area contributed by atoms with E-state index in [0.29, 0.717) is 18.1 Å². The van der Waals surface area contributed by atoms with Crippen LogP contribution in [0.2, 0.25) is 0 Å². The van der Waals surface area contributed by atoms with Crippen LogP contribution in [-0.2, 0) is 11.3 Å². The first-order valence-corrected chi connectivity index (χ1v) is 4.85. The molecule has 0 aliphatic heterocycles. The highest BCUT2D eigenvalue weighted by molar-refractivity contribution is 7.06. The zero-order chi connectivity index (χ0) is 9.84. The van der Waals surface area contributed by atoms with Gasteiger partial charge in [-0.1, -0.05) is 13.8 Å². The molecule has 0 atom stereocenters. The monoisotopic (exact) mass is 196 g/mol. The number of rotatable bonds is 3. The summed E-state index contributed by atoms with van der Waals surface area (Å²) >= 11 is 1.40. The summed E-state index contributed by atoms with van der Waals surface area (Å²) in [5, 5.41) is 8.92. The molecule has 0 aromatic carbocycles. The number of methoxy groups -OCH3 is 1. The molecule has 0 saturated carbocycles. The van der Waals surface area contributed by atoms with Gasteiger partial charge in [0.25, 0.3) is 0 Å². The Labute approximate surface area is 82.1 Å². The second kappa shape index (κ2) is 4.35. The van der Waals surface area contributed by atoms with Crippen LogP contribution in [0.5, 0.6) is 0 Å². The molecule has 1 heterocycles. The van der Waals surface area contributed by atoms with Gasteiger partial charge >= 0.3 is 0 Å². The van der Waals surface area contributed by atoms with Crippen molar-refractivity contribution in [1.29, 1.82) is 5.26 Å². The lowest BCUT2D eigenvalue weighted by Crippen LogP contribution is -1.93. The van der Waals surface area contributed by atoms with Crippen LogP contribution >= 0.6 is 11.5 Å². The zero-order valence-corrected chi connectivity index (χ0v) is 8.81. The molecule has 0 aliphatic carbocycles. The largest absolute Gasteiger partial charge is 0.378 e. The Morgan fingerprint density at radius 2 is 2.31 bits per heavy atom. The van der Waals surface area contributed by atoms with E-state index in [1.165, 1.54) is 11.5 Å². The van der Waals surface area contributed by atoms with E-state index in [4.69, 9.17) is 10.00 Å². The normalized spacial score (nSPS) is 10.4. The Hall–Kier alpha value is -0.920. The molecule has 1 aromatic rings. The second-order valence-corrected chi connectivity index (χ2v) is 3.87. The number of hydrogen-bond acceptors (Lipinski definition) is 4. The minimum atomic E-state index is 0.359. The Morgan fingerprint density at radius 1 is 1.62 bits per heavy atom. The van der Waals surface area contributed by atoms with Crippen molar-refractivity contribution in [3.8, 4) is 6.07 Å². The topological polar surface area (TPSA) is 45.9 Å². The molecule has 0 N–H and O–H groups in total. The van der Waals surface area contributed by atoms with Crippen LogP contribution in [0.4, 0.5) is 0 Å². The summed E-state index contributed by atoms with van der Waals surface area (Å²) in [6, 6.07) is 2.18. The Bertz CT molecular complexity index is 325. The van der Waals surface area contributed by atoms with Crippen molar-refractivity contribution in [2.45, 2.75) is 26.4 Å². The fraction of sp³-hybridized carbons (Fsp3) is 0.556. The third-order valence-electron chi connectivity index (χ3n) is 1.71. The third-order valence-corrected chi connectivity index (χ3v) is 2.89. The first-order chi connectivity index (χ1) is 6.20. The zero-order valence-electron chi connectivity index (χ0n) is 8.00. The van der Waals surface area contributed by atoms with Crippen molar-refractivity contribution >= 4 is 11.5 Å². The van der Waals surface area contributed by atoms with E-state index in [0.717, 1.165) is 10.6 Å². The van der Waals surface area contributed by atoms with Crippen LogP contribution in [0.3, 0.4) is 0 Å². The molecule has 1 rings (SSSR count). The summed E-state index contributed by atoms with van der Waals surface area (Å²) in [7, 11) is 1.61. The molecule has 0 bridgehead atoms. The van der Waals surface area contributed by atoms with Gasteiger partial charge in [-0.2, -0.15) is 9.64 Å². The van der Waals surface area contributed by atoms with E-state index in [9.17, 15) is 0 Å². The molecular formula is C9H12N2OS. The quantitative estimate of drug-likeness (QED) is 0.745. The summed E-state index contributed by atoms with van der Waals surface area (Å²) in [5.74, 6) is 0.359. The first-order valence-electron chi connectivity index (χ1n) is 4.08. The Kier molecular flexibility index (Phi) is 3.40. The van der Waals surface area contributed by atoms with Gasteiger partial charge in [-0.25, -0.2) is 0 Å². The second-order valence-electron chi connectivity index (χ2n) is 3.07. The van der Waals surface area contributed by atoms with Gasteiger partial charge < -0.3 is 4.74 Å². The van der Waals surface area contributed by atoms with Gasteiger partial charge in [-0.05, 0) is 17.5 Å². The van der Waals surface area contributed by atoms with Crippen molar-refractivity contribution in [2.75, 3.05) is 7.11 Å². The highest BCUT2D eigenvalue weighted by atomic mass is 32.1. The molecule has 70 valence electrons. The molecular weight excluding hydrogens is 184 g/mol. The average molecular weight is 196 g/mol. The highest BCUT2D eigenvalue weighted by Gasteiger charge is 2.15. The summed E-state index contributed by atoms with van der Waals surface area (Å²) in [5.41, 5.74) is 1.46. The van der Waals surface area contributed by atoms with Gasteiger partial charge in [0, 0.05) is 12.0 Å². The fourth-order valence-electron chi connectivity index (χ4n) is 1.09. The lowest BCUT2D eigenvalue weighted by atomic mass is 10.1. The van der Waals surface area contributed by atoms with Crippen LogP contribution in [-0.4, -0.2) is 11.5 Å². The number of nitriles is 1. The van der Waals surface area contributed by atoms with E-state index >= 15 is 0 Å². The number of aromatic nitrogens is 1. The van der Waals surface area contributed by atoms with E-state index in [1.807, 2.05) is 0 Å². The SMILES string of the molecule is COCc1nsc(C(C)C)c1C#N. The van der Waals surface area contributed by atoms with Gasteiger partial charge in [0.1, 0.15) is 6.07 Å². The fourth-order valence-corrected chi connectivity index (χ4v) is 1.90. The predicted molar refractivity (Wildman–Crippen MR) is 51.6 cm³/mol. The van der Waals surface area contributed by atoms with Crippen molar-refractivity contribution < 1.29 is 4.74 Å². The standard InChI is InChI=1S/C9H12N2OS/c1-6(2)9-7(4-10)8(5-12-3)11-13-9/h6H,5H2,1-3H3. The summed E-state index contributed by atoms with van der Waals surface area (Å²) in [6.07, 6.45) is 0. The summed E-state index contributed by atoms with van der Waals surface area (Å²) in [4.78, 5) is 1.05. The van der Waals surface area contributed by atoms with Crippen LogP contribution in [0.25, 0.3) is 0 Å². The van der Waals surface area contributed by atoms with Crippen LogP contribution in [0.15, 0.2) is 0 Å². The molecule has 0 fully saturated rings. The molecule has 4 heteroatoms. The van der Waals surface area contributed by atoms with Gasteiger partial charge in [-0.15, -0.1) is 0 Å². The lowest BCUT2D eigenvalue weighted by molar-refractivity contribution is 0.182. The molecule has 3 nitrogen and oxygen atoms in total. The van der Waals surface area contributed by atoms with E-state index in [-0.39, 0.29) is 0 Å². The number of nitrogens with zero attached hydrogens (tertiary/aromatic N) is 2. The van der Waals surface area contributed by atoms with Crippen molar-refractivity contribution in [3.63, 3.8) is 0 Å². The van der Waals surface area contributed by atoms with Crippen LogP contribution in [0, 0.1) is 11.3 Å². The van der Waals surface area contributed by atoms with Gasteiger partial charge in [0.05, 0.1) is 17.9 Å². The molecule has 0 aliphatic rings. The van der Waals surface area contributed by atoms with Gasteiger partial charge in [0.2, 0.25) is 0 Å². The maximum atomic E-state index is 8.92. The van der Waals surface area contributed by atoms with Gasteiger partial charge in [-0.3, -0.25) is 0 Å². The minimum Gasteiger partial charge on any atom is -0.378 e. The molecule has 1 aromatic heterocycles. The minimum absolute atomic E-state index is 0.359. The molecule has 0 saturated heterocycles. The Morgan fingerprint density at radius 3 is 2.77 bits per heavy atom. The molecule has 0 spiro atoms. The first kappa shape index (κ1) is 10.2. The van der Waals surface area contributed by atoms with Gasteiger partial charge in [0.15, 0.2) is 0 Å². The summed E-state index contributed by atoms with van der Waals surface area (Å²) < 4.78 is 9.15. The smallest absolute Gasteiger partial charge is 0.102 e. The van der Waals surface area contributed by atoms with Crippen LogP contribution < -0.4 is 0 Å². The van der Waals surface area contributed by atoms with Crippen molar-refractivity contribution in [1.82, 2.24) is 4.37 Å². The van der Waals surface area contributed by atoms with E-state index in [1.54, 1.807) is 7.11 Å².